The molecule has 0 spiro atoms. The van der Waals surface area contributed by atoms with Gasteiger partial charge in [0, 0.05) is 31.7 Å². The van der Waals surface area contributed by atoms with Gasteiger partial charge in [0.15, 0.2) is 0 Å². The molecule has 1 saturated heterocycles. The number of ether oxygens (including phenoxy) is 2. The van der Waals surface area contributed by atoms with E-state index in [9.17, 15) is 14.7 Å². The molecule has 40 heavy (non-hydrogen) atoms. The third-order valence-electron chi connectivity index (χ3n) is 7.14. The van der Waals surface area contributed by atoms with Crippen LogP contribution < -0.4 is 10.1 Å². The van der Waals surface area contributed by atoms with E-state index in [1.54, 1.807) is 31.4 Å². The Hall–Kier alpha value is -3.28. The summed E-state index contributed by atoms with van der Waals surface area (Å²) in [4.78, 5) is 34.1. The molecule has 0 unspecified atom stereocenters. The van der Waals surface area contributed by atoms with Crippen LogP contribution in [-0.2, 0) is 14.3 Å². The molecule has 0 radical (unpaired) electrons. The Morgan fingerprint density at radius 3 is 2.62 bits per heavy atom. The first-order valence-electron chi connectivity index (χ1n) is 13.5. The van der Waals surface area contributed by atoms with Crippen LogP contribution in [0.2, 0.25) is 0 Å². The molecule has 11 heteroatoms. The molecule has 4 rings (SSSR count). The molecule has 2 N–H and O–H groups in total. The van der Waals surface area contributed by atoms with E-state index in [4.69, 9.17) is 14.0 Å². The maximum atomic E-state index is 13.7. The van der Waals surface area contributed by atoms with Crippen LogP contribution in [0.3, 0.4) is 0 Å². The average molecular weight is 571 g/mol. The number of nitrogens with one attached hydrogen (secondary N) is 1. The number of amides is 2. The molecule has 1 aliphatic heterocycles. The van der Waals surface area contributed by atoms with Gasteiger partial charge >= 0.3 is 0 Å². The summed E-state index contributed by atoms with van der Waals surface area (Å²) in [6, 6.07) is 6.39. The quantitative estimate of drug-likeness (QED) is 0.331. The monoisotopic (exact) mass is 570 g/mol. The highest BCUT2D eigenvalue weighted by molar-refractivity contribution is 7.13. The van der Waals surface area contributed by atoms with E-state index in [1.807, 2.05) is 51.4 Å². The number of β-amino-alcohol motifs (C(OH)–C–C–N with tert-alkyl or cyclic N) is 1. The van der Waals surface area contributed by atoms with Crippen LogP contribution in [0.4, 0.5) is 0 Å². The third-order valence-corrected chi connectivity index (χ3v) is 8.12. The van der Waals surface area contributed by atoms with Gasteiger partial charge in [-0.15, -0.1) is 11.3 Å². The Bertz CT molecular complexity index is 1320. The lowest BCUT2D eigenvalue weighted by Gasteiger charge is -2.29. The average Bonchev–Trinajstić information content (AvgIpc) is 3.63. The van der Waals surface area contributed by atoms with Gasteiger partial charge in [-0.05, 0) is 38.3 Å². The van der Waals surface area contributed by atoms with Crippen molar-refractivity contribution in [3.8, 4) is 16.2 Å². The van der Waals surface area contributed by atoms with Gasteiger partial charge in [0.05, 0.1) is 40.5 Å². The van der Waals surface area contributed by atoms with Crippen LogP contribution in [0, 0.1) is 19.8 Å². The lowest BCUT2D eigenvalue weighted by Crippen LogP contribution is -2.48. The molecule has 1 aromatic carbocycles. The second kappa shape index (κ2) is 12.9. The zero-order valence-corrected chi connectivity index (χ0v) is 24.7. The highest BCUT2D eigenvalue weighted by atomic mass is 32.1. The smallest absolute Gasteiger partial charge is 0.243 e. The summed E-state index contributed by atoms with van der Waals surface area (Å²) in [5.74, 6) is -0.201. The van der Waals surface area contributed by atoms with Gasteiger partial charge in [-0.2, -0.15) is 0 Å². The van der Waals surface area contributed by atoms with E-state index in [0.29, 0.717) is 30.4 Å². The van der Waals surface area contributed by atoms with E-state index >= 15 is 0 Å². The van der Waals surface area contributed by atoms with Gasteiger partial charge in [0.2, 0.25) is 11.8 Å². The third kappa shape index (κ3) is 6.54. The molecular weight excluding hydrogens is 532 g/mol. The number of hydrogen-bond acceptors (Lipinski definition) is 9. The fourth-order valence-corrected chi connectivity index (χ4v) is 5.91. The van der Waals surface area contributed by atoms with E-state index in [1.165, 1.54) is 4.90 Å². The minimum atomic E-state index is -0.813. The topological polar surface area (TPSA) is 127 Å². The fourth-order valence-electron chi connectivity index (χ4n) is 5.11. The Balaban J connectivity index is 1.55. The molecule has 3 heterocycles. The minimum absolute atomic E-state index is 0.0793. The number of carbonyl (C=O) groups is 2. The molecule has 2 amide bonds. The van der Waals surface area contributed by atoms with E-state index in [2.05, 4.69) is 15.5 Å². The van der Waals surface area contributed by atoms with Crippen molar-refractivity contribution in [2.24, 2.45) is 5.92 Å². The molecule has 1 fully saturated rings. The molecule has 2 aromatic heterocycles. The van der Waals surface area contributed by atoms with Crippen LogP contribution in [0.15, 0.2) is 34.3 Å². The summed E-state index contributed by atoms with van der Waals surface area (Å²) < 4.78 is 16.6. The van der Waals surface area contributed by atoms with Crippen LogP contribution >= 0.6 is 11.3 Å². The van der Waals surface area contributed by atoms with Crippen molar-refractivity contribution in [3.05, 3.63) is 52.5 Å². The molecule has 3 aromatic rings. The number of aromatic nitrogens is 2. The lowest BCUT2D eigenvalue weighted by atomic mass is 9.91. The number of aliphatic hydroxyl groups excluding tert-OH is 1. The minimum Gasteiger partial charge on any atom is -0.491 e. The number of thiazole rings is 1. The van der Waals surface area contributed by atoms with Crippen molar-refractivity contribution in [1.82, 2.24) is 20.4 Å². The first-order chi connectivity index (χ1) is 19.1. The van der Waals surface area contributed by atoms with E-state index < -0.39 is 24.1 Å². The second-order valence-electron chi connectivity index (χ2n) is 10.6. The summed E-state index contributed by atoms with van der Waals surface area (Å²) >= 11 is 1.56. The lowest BCUT2D eigenvalue weighted by molar-refractivity contribution is -0.141. The Morgan fingerprint density at radius 2 is 2.00 bits per heavy atom. The van der Waals surface area contributed by atoms with Gasteiger partial charge in [-0.3, -0.25) is 9.59 Å². The molecule has 0 saturated carbocycles. The fraction of sp³-hybridized carbons (Fsp3) is 0.517. The summed E-state index contributed by atoms with van der Waals surface area (Å²) in [5.41, 5.74) is 5.20. The largest absolute Gasteiger partial charge is 0.491 e. The van der Waals surface area contributed by atoms with Gasteiger partial charge in [-0.25, -0.2) is 4.98 Å². The van der Waals surface area contributed by atoms with Gasteiger partial charge in [0.1, 0.15) is 30.1 Å². The summed E-state index contributed by atoms with van der Waals surface area (Å²) in [6.45, 7) is 10.3. The van der Waals surface area contributed by atoms with Crippen molar-refractivity contribution in [2.45, 2.75) is 65.1 Å². The normalized spacial score (nSPS) is 18.6. The maximum absolute atomic E-state index is 13.7. The molecule has 216 valence electrons. The van der Waals surface area contributed by atoms with Crippen LogP contribution in [0.25, 0.3) is 10.4 Å². The zero-order valence-electron chi connectivity index (χ0n) is 23.8. The Morgan fingerprint density at radius 1 is 1.23 bits per heavy atom. The van der Waals surface area contributed by atoms with Crippen LogP contribution in [0.1, 0.15) is 61.9 Å². The highest BCUT2D eigenvalue weighted by Crippen LogP contribution is 2.35. The van der Waals surface area contributed by atoms with Crippen LogP contribution in [0.5, 0.6) is 5.75 Å². The number of methoxy groups -OCH3 is 1. The first-order valence-corrected chi connectivity index (χ1v) is 14.4. The Labute approximate surface area is 238 Å². The van der Waals surface area contributed by atoms with Gasteiger partial charge in [0.25, 0.3) is 0 Å². The number of aryl methyl sites for hydroxylation is 2. The number of likely N-dealkylation sites (tertiary alicyclic amines) is 1. The molecule has 10 nitrogen and oxygen atoms in total. The summed E-state index contributed by atoms with van der Waals surface area (Å²) in [5, 5.41) is 17.5. The molecule has 1 aliphatic rings. The van der Waals surface area contributed by atoms with Crippen molar-refractivity contribution >= 4 is 23.2 Å². The van der Waals surface area contributed by atoms with Crippen molar-refractivity contribution in [3.63, 3.8) is 0 Å². The highest BCUT2D eigenvalue weighted by Gasteiger charge is 2.43. The zero-order chi connectivity index (χ0) is 29.0. The molecule has 0 bridgehead atoms. The van der Waals surface area contributed by atoms with Crippen molar-refractivity contribution in [2.75, 3.05) is 26.9 Å². The van der Waals surface area contributed by atoms with Crippen molar-refractivity contribution in [1.29, 1.82) is 0 Å². The summed E-state index contributed by atoms with van der Waals surface area (Å²) in [7, 11) is 1.61. The number of rotatable bonds is 11. The molecule has 4 atom stereocenters. The predicted molar refractivity (Wildman–Crippen MR) is 151 cm³/mol. The number of aliphatic hydroxyl groups is 1. The van der Waals surface area contributed by atoms with E-state index in [0.717, 1.165) is 21.7 Å². The SMILES string of the molecule is COCCOc1cc(-c2scnc2C)ccc1[C@H](C)NC(=O)[C@@H]1C[C@@H](O)CN1C(=O)[C@@H](c1cc(C)no1)C(C)C. The number of carbonyl (C=O) groups excluding carboxylic acids is 2. The predicted octanol–water partition coefficient (Wildman–Crippen LogP) is 4.02. The maximum Gasteiger partial charge on any atom is 0.243 e. The van der Waals surface area contributed by atoms with Gasteiger partial charge in [-0.1, -0.05) is 31.1 Å². The molecule has 0 aliphatic carbocycles. The second-order valence-corrected chi connectivity index (χ2v) is 11.4. The number of nitrogens with zero attached hydrogens (tertiary/aromatic N) is 3. The summed E-state index contributed by atoms with van der Waals surface area (Å²) in [6.07, 6.45) is -0.639. The standard InChI is InChI=1S/C29H38N4O6S/c1-16(2)26(25-11-17(3)32-39-25)29(36)33-14-21(34)13-23(33)28(35)31-18(4)22-8-7-20(27-19(5)30-15-40-27)12-24(22)38-10-9-37-6/h7-8,11-12,15-16,18,21,23,26,34H,9-10,13-14H2,1-6H3,(H,31,35)/t18-,21+,23-,26+/m0/s1. The van der Waals surface area contributed by atoms with E-state index in [-0.39, 0.29) is 30.7 Å². The van der Waals surface area contributed by atoms with Crippen molar-refractivity contribution < 1.29 is 28.7 Å². The molecular formula is C29H38N4O6S. The number of hydrogen-bond donors (Lipinski definition) is 2. The van der Waals surface area contributed by atoms with Gasteiger partial charge < -0.3 is 29.3 Å². The first kappa shape index (κ1) is 29.7. The Kier molecular flexibility index (Phi) is 9.60. The van der Waals surface area contributed by atoms with Crippen LogP contribution in [-0.4, -0.2) is 71.0 Å². The number of benzene rings is 1.